The molecule has 0 aliphatic heterocycles. The van der Waals surface area contributed by atoms with Crippen molar-refractivity contribution in [3.8, 4) is 0 Å². The van der Waals surface area contributed by atoms with Gasteiger partial charge in [0.1, 0.15) is 4.88 Å². The molecule has 0 saturated heterocycles. The molecule has 1 N–H and O–H groups in total. The van der Waals surface area contributed by atoms with E-state index in [1.54, 1.807) is 11.4 Å². The molecule has 110 valence electrons. The molecule has 2 aromatic rings. The second kappa shape index (κ2) is 7.63. The molecule has 0 aliphatic rings. The zero-order valence-corrected chi connectivity index (χ0v) is 14.3. The van der Waals surface area contributed by atoms with Crippen molar-refractivity contribution in [2.45, 2.75) is 4.90 Å². The van der Waals surface area contributed by atoms with Gasteiger partial charge < -0.3 is 10.1 Å². The predicted octanol–water partition coefficient (Wildman–Crippen LogP) is 4.03. The minimum absolute atomic E-state index is 0.167. The minimum Gasteiger partial charge on any atom is -0.465 e. The molecule has 0 bridgehead atoms. The fraction of sp³-hybridized carbons (Fsp3) is 0.143. The second-order valence-electron chi connectivity index (χ2n) is 3.92. The number of carbonyl (C=O) groups is 2. The number of nitrogens with one attached hydrogen (secondary N) is 1. The molecule has 0 fully saturated rings. The van der Waals surface area contributed by atoms with Crippen LogP contribution in [0.3, 0.4) is 0 Å². The third kappa shape index (κ3) is 4.33. The third-order valence-corrected chi connectivity index (χ3v) is 5.43. The average Bonchev–Trinajstić information content (AvgIpc) is 2.93. The van der Waals surface area contributed by atoms with E-state index in [4.69, 9.17) is 0 Å². The van der Waals surface area contributed by atoms with Crippen molar-refractivity contribution in [3.05, 3.63) is 45.1 Å². The molecule has 7 heteroatoms. The quantitative estimate of drug-likeness (QED) is 0.623. The van der Waals surface area contributed by atoms with Crippen LogP contribution in [-0.2, 0) is 9.53 Å². The van der Waals surface area contributed by atoms with E-state index in [1.807, 2.05) is 24.3 Å². The number of esters is 1. The van der Waals surface area contributed by atoms with Crippen molar-refractivity contribution < 1.29 is 14.3 Å². The standard InChI is InChI=1S/C14H12BrNO3S2/c1-19-14(18)13-10(6-7-20-13)16-12(17)8-21-11-5-3-2-4-9(11)15/h2-7H,8H2,1H3,(H,16,17). The van der Waals surface area contributed by atoms with Gasteiger partial charge in [-0.05, 0) is 39.5 Å². The molecular formula is C14H12BrNO3S2. The Morgan fingerprint density at radius 3 is 2.81 bits per heavy atom. The van der Waals surface area contributed by atoms with E-state index >= 15 is 0 Å². The first-order valence-electron chi connectivity index (χ1n) is 5.95. The van der Waals surface area contributed by atoms with Gasteiger partial charge in [0.15, 0.2) is 0 Å². The van der Waals surface area contributed by atoms with Gasteiger partial charge >= 0.3 is 5.97 Å². The maximum absolute atomic E-state index is 12.0. The average molecular weight is 386 g/mol. The summed E-state index contributed by atoms with van der Waals surface area (Å²) >= 11 is 6.10. The molecule has 0 unspecified atom stereocenters. The number of carbonyl (C=O) groups excluding carboxylic acids is 2. The lowest BCUT2D eigenvalue weighted by molar-refractivity contribution is -0.113. The number of hydrogen-bond acceptors (Lipinski definition) is 5. The van der Waals surface area contributed by atoms with Crippen LogP contribution >= 0.6 is 39.0 Å². The van der Waals surface area contributed by atoms with Gasteiger partial charge in [-0.3, -0.25) is 4.79 Å². The predicted molar refractivity (Wildman–Crippen MR) is 89.2 cm³/mol. The van der Waals surface area contributed by atoms with E-state index in [9.17, 15) is 9.59 Å². The first-order chi connectivity index (χ1) is 10.1. The summed E-state index contributed by atoms with van der Waals surface area (Å²) in [5, 5.41) is 4.47. The van der Waals surface area contributed by atoms with Crippen LogP contribution in [0.2, 0.25) is 0 Å². The van der Waals surface area contributed by atoms with Crippen molar-refractivity contribution >= 4 is 56.6 Å². The number of thioether (sulfide) groups is 1. The lowest BCUT2D eigenvalue weighted by Crippen LogP contribution is -2.15. The number of anilines is 1. The van der Waals surface area contributed by atoms with Crippen molar-refractivity contribution in [3.63, 3.8) is 0 Å². The Morgan fingerprint density at radius 2 is 2.10 bits per heavy atom. The Morgan fingerprint density at radius 1 is 1.33 bits per heavy atom. The summed E-state index contributed by atoms with van der Waals surface area (Å²) in [5.41, 5.74) is 0.490. The van der Waals surface area contributed by atoms with Crippen LogP contribution in [0.25, 0.3) is 0 Å². The normalized spacial score (nSPS) is 10.2. The van der Waals surface area contributed by atoms with E-state index in [1.165, 1.54) is 30.2 Å². The zero-order chi connectivity index (χ0) is 15.2. The Balaban J connectivity index is 1.95. The van der Waals surface area contributed by atoms with E-state index in [0.29, 0.717) is 10.6 Å². The van der Waals surface area contributed by atoms with Crippen LogP contribution < -0.4 is 5.32 Å². The van der Waals surface area contributed by atoms with Gasteiger partial charge in [0, 0.05) is 9.37 Å². The number of halogens is 1. The molecule has 0 spiro atoms. The van der Waals surface area contributed by atoms with Gasteiger partial charge in [-0.25, -0.2) is 4.79 Å². The van der Waals surface area contributed by atoms with Crippen LogP contribution in [0.4, 0.5) is 5.69 Å². The summed E-state index contributed by atoms with van der Waals surface area (Å²) in [7, 11) is 1.32. The Hall–Kier alpha value is -1.31. The van der Waals surface area contributed by atoms with Crippen LogP contribution in [0, 0.1) is 0 Å². The number of benzene rings is 1. The Bertz CT molecular complexity index is 657. The van der Waals surface area contributed by atoms with E-state index in [0.717, 1.165) is 9.37 Å². The number of amides is 1. The van der Waals surface area contributed by atoms with Crippen molar-refractivity contribution in [2.24, 2.45) is 0 Å². The molecule has 0 saturated carbocycles. The maximum Gasteiger partial charge on any atom is 0.350 e. The van der Waals surface area contributed by atoms with Gasteiger partial charge in [0.05, 0.1) is 18.6 Å². The molecule has 0 radical (unpaired) electrons. The summed E-state index contributed by atoms with van der Waals surface area (Å²) in [6.07, 6.45) is 0. The summed E-state index contributed by atoms with van der Waals surface area (Å²) in [5.74, 6) is -0.350. The molecule has 1 amide bonds. The number of hydrogen-bond donors (Lipinski definition) is 1. The molecule has 2 rings (SSSR count). The molecule has 0 atom stereocenters. The number of methoxy groups -OCH3 is 1. The fourth-order valence-corrected chi connectivity index (χ4v) is 3.68. The van der Waals surface area contributed by atoms with Gasteiger partial charge in [0.2, 0.25) is 5.91 Å². The first kappa shape index (κ1) is 16.1. The Kier molecular flexibility index (Phi) is 5.84. The highest BCUT2D eigenvalue weighted by Crippen LogP contribution is 2.28. The number of ether oxygens (including phenoxy) is 1. The maximum atomic E-state index is 12.0. The highest BCUT2D eigenvalue weighted by molar-refractivity contribution is 9.10. The molecular weight excluding hydrogens is 374 g/mol. The van der Waals surface area contributed by atoms with Gasteiger partial charge in [0.25, 0.3) is 0 Å². The van der Waals surface area contributed by atoms with Crippen LogP contribution in [0.1, 0.15) is 9.67 Å². The Labute approximate surface area is 139 Å². The van der Waals surface area contributed by atoms with Gasteiger partial charge in [-0.2, -0.15) is 0 Å². The van der Waals surface area contributed by atoms with E-state index < -0.39 is 5.97 Å². The van der Waals surface area contributed by atoms with Crippen LogP contribution in [0.5, 0.6) is 0 Å². The summed E-state index contributed by atoms with van der Waals surface area (Å²) in [6, 6.07) is 9.39. The van der Waals surface area contributed by atoms with Crippen LogP contribution in [-0.4, -0.2) is 24.7 Å². The topological polar surface area (TPSA) is 55.4 Å². The summed E-state index contributed by atoms with van der Waals surface area (Å²) in [6.45, 7) is 0. The smallest absolute Gasteiger partial charge is 0.350 e. The van der Waals surface area contributed by atoms with Crippen molar-refractivity contribution in [2.75, 3.05) is 18.2 Å². The summed E-state index contributed by atoms with van der Waals surface area (Å²) < 4.78 is 5.62. The molecule has 1 heterocycles. The van der Waals surface area contributed by atoms with Gasteiger partial charge in [-0.15, -0.1) is 23.1 Å². The largest absolute Gasteiger partial charge is 0.465 e. The fourth-order valence-electron chi connectivity index (χ4n) is 1.55. The number of rotatable bonds is 5. The highest BCUT2D eigenvalue weighted by Gasteiger charge is 2.15. The minimum atomic E-state index is -0.446. The molecule has 1 aromatic carbocycles. The monoisotopic (exact) mass is 385 g/mol. The van der Waals surface area contributed by atoms with Crippen molar-refractivity contribution in [1.82, 2.24) is 0 Å². The van der Waals surface area contributed by atoms with E-state index in [2.05, 4.69) is 26.0 Å². The lowest BCUT2D eigenvalue weighted by Gasteiger charge is -2.06. The van der Waals surface area contributed by atoms with Crippen LogP contribution in [0.15, 0.2) is 45.1 Å². The highest BCUT2D eigenvalue weighted by atomic mass is 79.9. The van der Waals surface area contributed by atoms with E-state index in [-0.39, 0.29) is 11.7 Å². The SMILES string of the molecule is COC(=O)c1sccc1NC(=O)CSc1ccccc1Br. The molecule has 4 nitrogen and oxygen atoms in total. The second-order valence-corrected chi connectivity index (χ2v) is 6.71. The molecule has 1 aromatic heterocycles. The first-order valence-corrected chi connectivity index (χ1v) is 8.60. The third-order valence-electron chi connectivity index (χ3n) is 2.51. The summed E-state index contributed by atoms with van der Waals surface area (Å²) in [4.78, 5) is 24.9. The van der Waals surface area contributed by atoms with Gasteiger partial charge in [-0.1, -0.05) is 12.1 Å². The number of thiophene rings is 1. The van der Waals surface area contributed by atoms with Crippen molar-refractivity contribution in [1.29, 1.82) is 0 Å². The lowest BCUT2D eigenvalue weighted by atomic mass is 10.4. The molecule has 21 heavy (non-hydrogen) atoms. The zero-order valence-electron chi connectivity index (χ0n) is 11.1. The molecule has 0 aliphatic carbocycles.